The summed E-state index contributed by atoms with van der Waals surface area (Å²) in [5.74, 6) is 0.815. The van der Waals surface area contributed by atoms with Crippen LogP contribution in [0.3, 0.4) is 0 Å². The Labute approximate surface area is 197 Å². The summed E-state index contributed by atoms with van der Waals surface area (Å²) in [4.78, 5) is 33.0. The quantitative estimate of drug-likeness (QED) is 0.414. The summed E-state index contributed by atoms with van der Waals surface area (Å²) < 4.78 is 16.0. The van der Waals surface area contributed by atoms with Crippen LogP contribution in [-0.2, 0) is 20.9 Å². The first-order valence-corrected chi connectivity index (χ1v) is 11.2. The number of pyridine rings is 1. The lowest BCUT2D eigenvalue weighted by molar-refractivity contribution is -0.149. The van der Waals surface area contributed by atoms with Crippen LogP contribution < -0.4 is 9.47 Å². The van der Waals surface area contributed by atoms with E-state index in [1.165, 1.54) is 6.08 Å². The fraction of sp³-hybridized carbons (Fsp3) is 0.269. The van der Waals surface area contributed by atoms with Crippen molar-refractivity contribution in [1.82, 2.24) is 14.8 Å². The van der Waals surface area contributed by atoms with Crippen LogP contribution in [-0.4, -0.2) is 66.2 Å². The first kappa shape index (κ1) is 21.9. The zero-order valence-corrected chi connectivity index (χ0v) is 18.7. The van der Waals surface area contributed by atoms with E-state index in [0.29, 0.717) is 13.1 Å². The molecule has 0 N–H and O–H groups in total. The van der Waals surface area contributed by atoms with Gasteiger partial charge >= 0.3 is 5.97 Å². The highest BCUT2D eigenvalue weighted by atomic mass is 16.7. The zero-order valence-electron chi connectivity index (χ0n) is 18.7. The Morgan fingerprint density at radius 2 is 1.82 bits per heavy atom. The molecular weight excluding hydrogens is 434 g/mol. The first-order valence-electron chi connectivity index (χ1n) is 11.2. The molecule has 0 unspecified atom stereocenters. The van der Waals surface area contributed by atoms with Crippen LogP contribution in [0.25, 0.3) is 17.0 Å². The molecule has 3 heterocycles. The van der Waals surface area contributed by atoms with Gasteiger partial charge in [-0.3, -0.25) is 14.7 Å². The van der Waals surface area contributed by atoms with Crippen molar-refractivity contribution < 1.29 is 23.8 Å². The average Bonchev–Trinajstić information content (AvgIpc) is 3.34. The van der Waals surface area contributed by atoms with Crippen molar-refractivity contribution in [3.8, 4) is 11.5 Å². The SMILES string of the molecule is O=C(/C=C/c1cccc2cccnc12)OCC(=O)N1CCN(Cc2ccc3c(c2)OCO3)CC1. The molecule has 0 spiro atoms. The van der Waals surface area contributed by atoms with Crippen molar-refractivity contribution in [2.24, 2.45) is 0 Å². The molecule has 5 rings (SSSR count). The second kappa shape index (κ2) is 9.93. The molecule has 34 heavy (non-hydrogen) atoms. The minimum Gasteiger partial charge on any atom is -0.454 e. The molecule has 3 aromatic rings. The molecule has 1 saturated heterocycles. The van der Waals surface area contributed by atoms with Crippen molar-refractivity contribution in [2.45, 2.75) is 6.54 Å². The van der Waals surface area contributed by atoms with Crippen molar-refractivity contribution in [1.29, 1.82) is 0 Å². The second-order valence-corrected chi connectivity index (χ2v) is 8.21. The number of para-hydroxylation sites is 1. The number of hydrogen-bond acceptors (Lipinski definition) is 7. The first-order chi connectivity index (χ1) is 16.7. The molecule has 174 valence electrons. The molecular formula is C26H25N3O5. The fourth-order valence-corrected chi connectivity index (χ4v) is 4.15. The Morgan fingerprint density at radius 3 is 2.71 bits per heavy atom. The van der Waals surface area contributed by atoms with Crippen LogP contribution in [0.15, 0.2) is 60.8 Å². The molecule has 8 heteroatoms. The van der Waals surface area contributed by atoms with Gasteiger partial charge in [0, 0.05) is 55.9 Å². The fourth-order valence-electron chi connectivity index (χ4n) is 4.15. The van der Waals surface area contributed by atoms with Crippen molar-refractivity contribution in [3.05, 3.63) is 71.9 Å². The van der Waals surface area contributed by atoms with Gasteiger partial charge in [-0.25, -0.2) is 4.79 Å². The number of amides is 1. The van der Waals surface area contributed by atoms with E-state index in [0.717, 1.165) is 53.2 Å². The normalized spacial score (nSPS) is 15.7. The van der Waals surface area contributed by atoms with Gasteiger partial charge in [-0.05, 0) is 29.8 Å². The topological polar surface area (TPSA) is 81.2 Å². The monoisotopic (exact) mass is 459 g/mol. The molecule has 1 amide bonds. The van der Waals surface area contributed by atoms with E-state index in [9.17, 15) is 9.59 Å². The molecule has 2 aliphatic rings. The van der Waals surface area contributed by atoms with Gasteiger partial charge in [0.1, 0.15) is 0 Å². The summed E-state index contributed by atoms with van der Waals surface area (Å²) in [6, 6.07) is 15.5. The average molecular weight is 460 g/mol. The Morgan fingerprint density at radius 1 is 1.00 bits per heavy atom. The molecule has 0 aliphatic carbocycles. The highest BCUT2D eigenvalue weighted by molar-refractivity contribution is 5.93. The number of fused-ring (bicyclic) bond motifs is 2. The van der Waals surface area contributed by atoms with Gasteiger partial charge in [-0.15, -0.1) is 0 Å². The van der Waals surface area contributed by atoms with Crippen molar-refractivity contribution in [2.75, 3.05) is 39.6 Å². The summed E-state index contributed by atoms with van der Waals surface area (Å²) in [5, 5.41) is 0.992. The molecule has 1 aromatic heterocycles. The van der Waals surface area contributed by atoms with Crippen LogP contribution in [0.5, 0.6) is 11.5 Å². The number of rotatable bonds is 6. The summed E-state index contributed by atoms with van der Waals surface area (Å²) in [6.45, 7) is 3.47. The maximum absolute atomic E-state index is 12.5. The number of benzene rings is 2. The highest BCUT2D eigenvalue weighted by Gasteiger charge is 2.22. The number of hydrogen-bond donors (Lipinski definition) is 0. The lowest BCUT2D eigenvalue weighted by Gasteiger charge is -2.34. The minimum atomic E-state index is -0.553. The van der Waals surface area contributed by atoms with Crippen LogP contribution in [0, 0.1) is 0 Å². The third-order valence-electron chi connectivity index (χ3n) is 5.97. The highest BCUT2D eigenvalue weighted by Crippen LogP contribution is 2.32. The molecule has 2 aromatic carbocycles. The largest absolute Gasteiger partial charge is 0.454 e. The Bertz CT molecular complexity index is 1230. The molecule has 8 nitrogen and oxygen atoms in total. The van der Waals surface area contributed by atoms with Gasteiger partial charge in [0.2, 0.25) is 6.79 Å². The van der Waals surface area contributed by atoms with Gasteiger partial charge < -0.3 is 19.1 Å². The molecule has 0 saturated carbocycles. The zero-order chi connectivity index (χ0) is 23.3. The molecule has 1 fully saturated rings. The summed E-state index contributed by atoms with van der Waals surface area (Å²) in [7, 11) is 0. The number of carbonyl (C=O) groups excluding carboxylic acids is 2. The predicted octanol–water partition coefficient (Wildman–Crippen LogP) is 2.86. The van der Waals surface area contributed by atoms with Gasteiger partial charge in [0.05, 0.1) is 5.52 Å². The van der Waals surface area contributed by atoms with E-state index < -0.39 is 5.97 Å². The van der Waals surface area contributed by atoms with Crippen molar-refractivity contribution >= 4 is 28.9 Å². The van der Waals surface area contributed by atoms with E-state index in [4.69, 9.17) is 14.2 Å². The Kier molecular flexibility index (Phi) is 6.40. The van der Waals surface area contributed by atoms with Crippen LogP contribution in [0.4, 0.5) is 0 Å². The number of aromatic nitrogens is 1. The Hall–Kier alpha value is -3.91. The molecule has 2 aliphatic heterocycles. The van der Waals surface area contributed by atoms with E-state index in [2.05, 4.69) is 9.88 Å². The number of piperazine rings is 1. The van der Waals surface area contributed by atoms with E-state index in [-0.39, 0.29) is 19.3 Å². The van der Waals surface area contributed by atoms with Crippen LogP contribution >= 0.6 is 0 Å². The van der Waals surface area contributed by atoms with Crippen LogP contribution in [0.2, 0.25) is 0 Å². The molecule has 0 bridgehead atoms. The number of esters is 1. The maximum Gasteiger partial charge on any atom is 0.331 e. The lowest BCUT2D eigenvalue weighted by atomic mass is 10.1. The van der Waals surface area contributed by atoms with Gasteiger partial charge in [0.25, 0.3) is 5.91 Å². The number of nitrogens with zero attached hydrogens (tertiary/aromatic N) is 3. The molecule has 0 atom stereocenters. The standard InChI is InChI=1S/C26H25N3O5/c30-24(17-32-25(31)9-7-21-4-1-3-20-5-2-10-27-26(20)21)29-13-11-28(12-14-29)16-19-6-8-22-23(15-19)34-18-33-22/h1-10,15H,11-14,16-18H2/b9-7+. The van der Waals surface area contributed by atoms with E-state index >= 15 is 0 Å². The van der Waals surface area contributed by atoms with Gasteiger partial charge in [0.15, 0.2) is 18.1 Å². The van der Waals surface area contributed by atoms with Gasteiger partial charge in [-0.2, -0.15) is 0 Å². The van der Waals surface area contributed by atoms with Crippen molar-refractivity contribution in [3.63, 3.8) is 0 Å². The predicted molar refractivity (Wildman–Crippen MR) is 126 cm³/mol. The molecule has 0 radical (unpaired) electrons. The number of carbonyl (C=O) groups is 2. The summed E-state index contributed by atoms with van der Waals surface area (Å²) in [6.07, 6.45) is 4.71. The van der Waals surface area contributed by atoms with Gasteiger partial charge in [-0.1, -0.05) is 30.3 Å². The lowest BCUT2D eigenvalue weighted by Crippen LogP contribution is -2.49. The maximum atomic E-state index is 12.5. The second-order valence-electron chi connectivity index (χ2n) is 8.21. The summed E-state index contributed by atoms with van der Waals surface area (Å²) in [5.41, 5.74) is 2.77. The Balaban J connectivity index is 1.07. The van der Waals surface area contributed by atoms with Crippen LogP contribution in [0.1, 0.15) is 11.1 Å². The number of ether oxygens (including phenoxy) is 3. The smallest absolute Gasteiger partial charge is 0.331 e. The van der Waals surface area contributed by atoms with E-state index in [1.807, 2.05) is 48.5 Å². The third-order valence-corrected chi connectivity index (χ3v) is 5.97. The third kappa shape index (κ3) is 5.02. The summed E-state index contributed by atoms with van der Waals surface area (Å²) >= 11 is 0. The minimum absolute atomic E-state index is 0.184. The van der Waals surface area contributed by atoms with E-state index in [1.54, 1.807) is 17.2 Å².